The molecule has 1 saturated heterocycles. The van der Waals surface area contributed by atoms with Gasteiger partial charge in [0.25, 0.3) is 0 Å². The fourth-order valence-corrected chi connectivity index (χ4v) is 4.20. The number of nitro groups is 1. The van der Waals surface area contributed by atoms with Crippen molar-refractivity contribution in [3.63, 3.8) is 0 Å². The Morgan fingerprint density at radius 3 is 2.40 bits per heavy atom. The molecule has 1 aromatic carbocycles. The Bertz CT molecular complexity index is 898. The number of hydrogen-bond acceptors (Lipinski definition) is 6. The third-order valence-electron chi connectivity index (χ3n) is 3.96. The van der Waals surface area contributed by atoms with Crippen LogP contribution in [0.1, 0.15) is 0 Å². The molecule has 0 N–H and O–H groups in total. The predicted octanol–water partition coefficient (Wildman–Crippen LogP) is 1.64. The molecular formula is C15H15FN4O4S. The molecule has 0 radical (unpaired) electrons. The molecule has 0 aliphatic carbocycles. The van der Waals surface area contributed by atoms with Crippen LogP contribution in [0.25, 0.3) is 0 Å². The van der Waals surface area contributed by atoms with Gasteiger partial charge in [0.15, 0.2) is 0 Å². The molecule has 10 heteroatoms. The second-order valence-corrected chi connectivity index (χ2v) is 7.33. The standard InChI is InChI=1S/C15H15FN4O4S/c16-12-4-1-2-6-14(12)25(23,24)19-10-8-18(9-11-19)15-13(20(21)22)5-3-7-17-15/h1-7H,8-11H2. The van der Waals surface area contributed by atoms with Crippen LogP contribution in [0.3, 0.4) is 0 Å². The Hall–Kier alpha value is -2.59. The highest BCUT2D eigenvalue weighted by atomic mass is 32.2. The van der Waals surface area contributed by atoms with Gasteiger partial charge >= 0.3 is 5.69 Å². The smallest absolute Gasteiger partial charge is 0.311 e. The number of halogens is 1. The molecule has 132 valence electrons. The topological polar surface area (TPSA) is 96.7 Å². The van der Waals surface area contributed by atoms with Gasteiger partial charge < -0.3 is 4.90 Å². The zero-order valence-corrected chi connectivity index (χ0v) is 13.9. The summed E-state index contributed by atoms with van der Waals surface area (Å²) in [6.07, 6.45) is 1.45. The van der Waals surface area contributed by atoms with E-state index in [-0.39, 0.29) is 42.6 Å². The van der Waals surface area contributed by atoms with Crippen LogP contribution >= 0.6 is 0 Å². The molecule has 2 aromatic rings. The second kappa shape index (κ2) is 6.73. The van der Waals surface area contributed by atoms with E-state index in [0.29, 0.717) is 0 Å². The van der Waals surface area contributed by atoms with Crippen molar-refractivity contribution in [1.29, 1.82) is 0 Å². The fourth-order valence-electron chi connectivity index (χ4n) is 2.71. The van der Waals surface area contributed by atoms with Gasteiger partial charge in [-0.15, -0.1) is 0 Å². The first-order valence-corrected chi connectivity index (χ1v) is 8.94. The van der Waals surface area contributed by atoms with Crippen LogP contribution in [-0.2, 0) is 10.0 Å². The van der Waals surface area contributed by atoms with Gasteiger partial charge in [0.05, 0.1) is 4.92 Å². The summed E-state index contributed by atoms with van der Waals surface area (Å²) in [6, 6.07) is 8.03. The number of hydrogen-bond donors (Lipinski definition) is 0. The van der Waals surface area contributed by atoms with Crippen LogP contribution in [0.2, 0.25) is 0 Å². The van der Waals surface area contributed by atoms with E-state index in [9.17, 15) is 22.9 Å². The van der Waals surface area contributed by atoms with Crippen LogP contribution in [-0.4, -0.2) is 48.8 Å². The van der Waals surface area contributed by atoms with Gasteiger partial charge in [-0.1, -0.05) is 12.1 Å². The first-order valence-electron chi connectivity index (χ1n) is 7.50. The van der Waals surface area contributed by atoms with Crippen molar-refractivity contribution in [3.8, 4) is 0 Å². The monoisotopic (exact) mass is 366 g/mol. The fraction of sp³-hybridized carbons (Fsp3) is 0.267. The summed E-state index contributed by atoms with van der Waals surface area (Å²) in [5.41, 5.74) is -0.132. The zero-order chi connectivity index (χ0) is 18.0. The zero-order valence-electron chi connectivity index (χ0n) is 13.1. The SMILES string of the molecule is O=[N+]([O-])c1cccnc1N1CCN(S(=O)(=O)c2ccccc2F)CC1. The van der Waals surface area contributed by atoms with E-state index in [2.05, 4.69) is 4.98 Å². The summed E-state index contributed by atoms with van der Waals surface area (Å²) < 4.78 is 40.1. The molecule has 1 aliphatic rings. The summed E-state index contributed by atoms with van der Waals surface area (Å²) in [6.45, 7) is 0.631. The maximum atomic E-state index is 13.8. The van der Waals surface area contributed by atoms with Crippen molar-refractivity contribution in [2.45, 2.75) is 4.90 Å². The Kier molecular flexibility index (Phi) is 4.64. The van der Waals surface area contributed by atoms with Gasteiger partial charge in [0, 0.05) is 38.4 Å². The molecule has 0 atom stereocenters. The van der Waals surface area contributed by atoms with Crippen LogP contribution in [0.5, 0.6) is 0 Å². The van der Waals surface area contributed by atoms with Crippen molar-refractivity contribution in [1.82, 2.24) is 9.29 Å². The Morgan fingerprint density at radius 1 is 1.08 bits per heavy atom. The number of pyridine rings is 1. The second-order valence-electron chi connectivity index (χ2n) is 5.42. The lowest BCUT2D eigenvalue weighted by atomic mass is 10.3. The summed E-state index contributed by atoms with van der Waals surface area (Å²) in [7, 11) is -3.95. The average molecular weight is 366 g/mol. The van der Waals surface area contributed by atoms with E-state index in [1.165, 1.54) is 40.8 Å². The summed E-state index contributed by atoms with van der Waals surface area (Å²) in [4.78, 5) is 15.9. The number of sulfonamides is 1. The highest BCUT2D eigenvalue weighted by Crippen LogP contribution is 2.27. The lowest BCUT2D eigenvalue weighted by molar-refractivity contribution is -0.384. The summed E-state index contributed by atoms with van der Waals surface area (Å²) in [5, 5.41) is 11.1. The minimum Gasteiger partial charge on any atom is -0.348 e. The van der Waals surface area contributed by atoms with Crippen LogP contribution < -0.4 is 4.90 Å². The van der Waals surface area contributed by atoms with E-state index in [1.807, 2.05) is 0 Å². The largest absolute Gasteiger partial charge is 0.348 e. The lowest BCUT2D eigenvalue weighted by Crippen LogP contribution is -2.49. The maximum Gasteiger partial charge on any atom is 0.311 e. The van der Waals surface area contributed by atoms with E-state index >= 15 is 0 Å². The van der Waals surface area contributed by atoms with E-state index in [1.54, 1.807) is 4.90 Å². The number of rotatable bonds is 4. The molecule has 1 aromatic heterocycles. The molecule has 2 heterocycles. The molecule has 0 saturated carbocycles. The average Bonchev–Trinajstić information content (AvgIpc) is 2.62. The number of aromatic nitrogens is 1. The molecular weight excluding hydrogens is 351 g/mol. The summed E-state index contributed by atoms with van der Waals surface area (Å²) >= 11 is 0. The number of benzene rings is 1. The molecule has 1 fully saturated rings. The molecule has 0 unspecified atom stereocenters. The van der Waals surface area contributed by atoms with Gasteiger partial charge in [0.1, 0.15) is 10.7 Å². The minimum absolute atomic E-state index is 0.0877. The number of anilines is 1. The maximum absolute atomic E-state index is 13.8. The van der Waals surface area contributed by atoms with Crippen LogP contribution in [0.15, 0.2) is 47.5 Å². The Labute approximate surface area is 143 Å². The number of nitrogens with zero attached hydrogens (tertiary/aromatic N) is 4. The Morgan fingerprint density at radius 2 is 1.76 bits per heavy atom. The van der Waals surface area contributed by atoms with Crippen LogP contribution in [0, 0.1) is 15.9 Å². The highest BCUT2D eigenvalue weighted by molar-refractivity contribution is 7.89. The first kappa shape index (κ1) is 17.2. The molecule has 3 rings (SSSR count). The predicted molar refractivity (Wildman–Crippen MR) is 88.3 cm³/mol. The third kappa shape index (κ3) is 3.30. The third-order valence-corrected chi connectivity index (χ3v) is 5.89. The molecule has 25 heavy (non-hydrogen) atoms. The van der Waals surface area contributed by atoms with Crippen molar-refractivity contribution in [3.05, 3.63) is 58.5 Å². The highest BCUT2D eigenvalue weighted by Gasteiger charge is 2.32. The van der Waals surface area contributed by atoms with Crippen LogP contribution in [0.4, 0.5) is 15.9 Å². The molecule has 0 amide bonds. The van der Waals surface area contributed by atoms with E-state index in [0.717, 1.165) is 6.07 Å². The molecule has 1 aliphatic heterocycles. The van der Waals surface area contributed by atoms with Gasteiger partial charge in [-0.3, -0.25) is 10.1 Å². The first-order chi connectivity index (χ1) is 11.9. The molecule has 0 spiro atoms. The number of piperazine rings is 1. The lowest BCUT2D eigenvalue weighted by Gasteiger charge is -2.34. The molecule has 8 nitrogen and oxygen atoms in total. The van der Waals surface area contributed by atoms with Crippen molar-refractivity contribution < 1.29 is 17.7 Å². The normalized spacial score (nSPS) is 16.0. The molecule has 0 bridgehead atoms. The van der Waals surface area contributed by atoms with Crippen molar-refractivity contribution in [2.75, 3.05) is 31.1 Å². The quantitative estimate of drug-likeness (QED) is 0.603. The minimum atomic E-state index is -3.95. The Balaban J connectivity index is 1.79. The van der Waals surface area contributed by atoms with Crippen molar-refractivity contribution >= 4 is 21.5 Å². The van der Waals surface area contributed by atoms with Gasteiger partial charge in [-0.2, -0.15) is 4.31 Å². The summed E-state index contributed by atoms with van der Waals surface area (Å²) in [5.74, 6) is -0.597. The van der Waals surface area contributed by atoms with Gasteiger partial charge in [0.2, 0.25) is 15.8 Å². The van der Waals surface area contributed by atoms with Gasteiger partial charge in [-0.25, -0.2) is 17.8 Å². The van der Waals surface area contributed by atoms with Gasteiger partial charge in [-0.05, 0) is 18.2 Å². The van der Waals surface area contributed by atoms with E-state index in [4.69, 9.17) is 0 Å². The van der Waals surface area contributed by atoms with Crippen molar-refractivity contribution in [2.24, 2.45) is 0 Å². The van der Waals surface area contributed by atoms with E-state index < -0.39 is 20.8 Å².